The lowest BCUT2D eigenvalue weighted by atomic mass is 9.89. The van der Waals surface area contributed by atoms with Crippen LogP contribution in [0.5, 0.6) is 0 Å². The predicted molar refractivity (Wildman–Crippen MR) is 265 cm³/mol. The fourth-order valence-corrected chi connectivity index (χ4v) is 9.22. The zero-order valence-electron chi connectivity index (χ0n) is 42.8. The molecule has 0 saturated carbocycles. The summed E-state index contributed by atoms with van der Waals surface area (Å²) in [7, 11) is 4.68. The van der Waals surface area contributed by atoms with Gasteiger partial charge in [-0.2, -0.15) is 0 Å². The summed E-state index contributed by atoms with van der Waals surface area (Å²) < 4.78 is 11.9. The molecule has 0 bridgehead atoms. The first-order chi connectivity index (χ1) is 33.8. The molecule has 5 N–H and O–H groups in total. The minimum atomic E-state index is -1.16. The summed E-state index contributed by atoms with van der Waals surface area (Å²) in [6.45, 7) is 12.2. The fourth-order valence-electron chi connectivity index (χ4n) is 9.22. The normalized spacial score (nSPS) is 17.5. The van der Waals surface area contributed by atoms with Gasteiger partial charge in [-0.3, -0.25) is 38.5 Å². The molecule has 2 aliphatic heterocycles. The van der Waals surface area contributed by atoms with Gasteiger partial charge in [0.15, 0.2) is 0 Å². The van der Waals surface area contributed by atoms with E-state index in [0.717, 1.165) is 5.56 Å². The predicted octanol–water partition coefficient (Wildman–Crippen LogP) is 3.29. The third-order valence-corrected chi connectivity index (χ3v) is 13.4. The van der Waals surface area contributed by atoms with Gasteiger partial charge in [-0.1, -0.05) is 77.8 Å². The third-order valence-electron chi connectivity index (χ3n) is 13.4. The summed E-state index contributed by atoms with van der Waals surface area (Å²) in [6, 6.07) is 7.53. The Morgan fingerprint density at radius 3 is 2.21 bits per heavy atom. The Morgan fingerprint density at radius 1 is 0.915 bits per heavy atom. The number of likely N-dealkylation sites (N-methyl/N-ethyl adjacent to an activating group) is 1. The second kappa shape index (κ2) is 27.9. The van der Waals surface area contributed by atoms with Crippen LogP contribution in [0, 0.1) is 24.7 Å². The van der Waals surface area contributed by atoms with Crippen molar-refractivity contribution in [1.82, 2.24) is 40.6 Å². The van der Waals surface area contributed by atoms with Crippen LogP contribution < -0.4 is 21.3 Å². The van der Waals surface area contributed by atoms with Crippen LogP contribution in [0.3, 0.4) is 0 Å². The number of carboxylic acids is 1. The average molecular weight is 990 g/mol. The maximum absolute atomic E-state index is 14.6. The van der Waals surface area contributed by atoms with E-state index in [0.29, 0.717) is 57.3 Å². The van der Waals surface area contributed by atoms with E-state index in [2.05, 4.69) is 31.2 Å². The number of hydrogen-bond acceptors (Lipinski definition) is 13. The van der Waals surface area contributed by atoms with Gasteiger partial charge in [0.1, 0.15) is 17.8 Å². The van der Waals surface area contributed by atoms with E-state index in [1.807, 2.05) is 33.8 Å². The van der Waals surface area contributed by atoms with Crippen molar-refractivity contribution >= 4 is 53.3 Å². The van der Waals surface area contributed by atoms with Gasteiger partial charge in [0.2, 0.25) is 29.6 Å². The molecule has 0 radical (unpaired) electrons. The van der Waals surface area contributed by atoms with E-state index < -0.39 is 60.1 Å². The van der Waals surface area contributed by atoms with E-state index >= 15 is 0 Å². The Labute approximate surface area is 417 Å². The van der Waals surface area contributed by atoms with Gasteiger partial charge in [-0.25, -0.2) is 14.8 Å². The van der Waals surface area contributed by atoms with Crippen LogP contribution in [-0.4, -0.2) is 161 Å². The Morgan fingerprint density at radius 2 is 1.59 bits per heavy atom. The number of nitrogens with zero attached hydrogens (tertiary/aromatic N) is 5. The molecule has 1 fully saturated rings. The van der Waals surface area contributed by atoms with E-state index in [9.17, 15) is 43.5 Å². The van der Waals surface area contributed by atoms with E-state index in [4.69, 9.17) is 9.47 Å². The van der Waals surface area contributed by atoms with Crippen LogP contribution in [0.15, 0.2) is 48.6 Å². The Bertz CT molecular complexity index is 2170. The first kappa shape index (κ1) is 57.3. The number of likely N-dealkylation sites (tertiary alicyclic amines) is 1. The quantitative estimate of drug-likeness (QED) is 0.0579. The molecule has 0 spiro atoms. The number of hydrogen-bond donors (Lipinski definition) is 5. The smallest absolute Gasteiger partial charge is 0.326 e. The van der Waals surface area contributed by atoms with Crippen molar-refractivity contribution in [1.29, 1.82) is 0 Å². The number of carbonyl (C=O) groups excluding carboxylic acids is 7. The van der Waals surface area contributed by atoms with Crippen molar-refractivity contribution in [3.8, 4) is 0 Å². The van der Waals surface area contributed by atoms with Crippen LogP contribution >= 0.6 is 0 Å². The Hall–Kier alpha value is -6.28. The molecule has 0 aliphatic carbocycles. The molecule has 7 amide bonds. The first-order valence-corrected chi connectivity index (χ1v) is 24.7. The number of carbonyl (C=O) groups is 8. The molecule has 1 aromatic heterocycles. The summed E-state index contributed by atoms with van der Waals surface area (Å²) >= 11 is 0. The summed E-state index contributed by atoms with van der Waals surface area (Å²) in [6.07, 6.45) is 5.06. The van der Waals surface area contributed by atoms with Crippen LogP contribution in [0.1, 0.15) is 108 Å². The number of carboxylic acid groups (broad SMARTS) is 1. The largest absolute Gasteiger partial charge is 0.480 e. The molecule has 71 heavy (non-hydrogen) atoms. The topological polar surface area (TPSA) is 259 Å². The lowest BCUT2D eigenvalue weighted by molar-refractivity contribution is -0.147. The molecule has 8 atom stereocenters. The molecule has 3 heterocycles. The highest BCUT2D eigenvalue weighted by Gasteiger charge is 2.43. The lowest BCUT2D eigenvalue weighted by Crippen LogP contribution is -2.56. The van der Waals surface area contributed by atoms with Crippen molar-refractivity contribution in [3.63, 3.8) is 0 Å². The molecule has 1 aromatic carbocycles. The van der Waals surface area contributed by atoms with Crippen LogP contribution in [0.2, 0.25) is 0 Å². The van der Waals surface area contributed by atoms with E-state index in [-0.39, 0.29) is 85.4 Å². The second-order valence-corrected chi connectivity index (χ2v) is 18.8. The zero-order chi connectivity index (χ0) is 52.4. The number of ether oxygens (including phenoxy) is 2. The van der Waals surface area contributed by atoms with Gasteiger partial charge in [0.25, 0.3) is 17.7 Å². The maximum Gasteiger partial charge on any atom is 0.326 e. The summed E-state index contributed by atoms with van der Waals surface area (Å²) in [5.41, 5.74) is 1.31. The van der Waals surface area contributed by atoms with Gasteiger partial charge < -0.3 is 45.6 Å². The number of methoxy groups -OCH3 is 2. The summed E-state index contributed by atoms with van der Waals surface area (Å²) in [4.78, 5) is 117. The van der Waals surface area contributed by atoms with Crippen molar-refractivity contribution < 1.29 is 52.9 Å². The highest BCUT2D eigenvalue weighted by atomic mass is 16.5. The van der Waals surface area contributed by atoms with Crippen LogP contribution in [0.4, 0.5) is 5.95 Å². The standard InChI is InChI=1S/C51H75N9O11/c1-10-32(4)45(39(70-8)30-43(64)59-27-17-20-38(59)46(71-9)34(6)47(65)55-37(50(68)69)29-35-18-13-11-14-19-35)58(7)49(67)44(31(2)3)57-51-54-33(5)28-36(56-51)48(66)53-25-24-52-40(61)21-15-12-16-26-60-41(62)22-23-42(60)63/h11,13-14,18-19,22-23,28,31-32,34,37-39,44-46H,10,12,15-17,20-21,24-27,29-30H2,1-9H3,(H,52,61)(H,53,66)(H,55,65)(H,68,69)(H,54,56,57)/t32-,34+,37-,38-,39+,44-,45-,46+/m0/s1. The molecule has 4 rings (SSSR count). The molecule has 0 unspecified atom stereocenters. The second-order valence-electron chi connectivity index (χ2n) is 18.8. The molecular weight excluding hydrogens is 915 g/mol. The number of imide groups is 1. The first-order valence-electron chi connectivity index (χ1n) is 24.7. The molecule has 2 aliphatic rings. The molecule has 2 aromatic rings. The van der Waals surface area contributed by atoms with Crippen LogP contribution in [0.25, 0.3) is 0 Å². The molecule has 1 saturated heterocycles. The van der Waals surface area contributed by atoms with E-state index in [1.165, 1.54) is 37.3 Å². The summed E-state index contributed by atoms with van der Waals surface area (Å²) in [5.74, 6) is -4.64. The van der Waals surface area contributed by atoms with Crippen molar-refractivity contribution in [2.45, 2.75) is 136 Å². The van der Waals surface area contributed by atoms with Crippen LogP contribution in [-0.2, 0) is 49.5 Å². The van der Waals surface area contributed by atoms with Crippen molar-refractivity contribution in [3.05, 3.63) is 65.5 Å². The van der Waals surface area contributed by atoms with Gasteiger partial charge in [0, 0.05) is 78.1 Å². The zero-order valence-corrected chi connectivity index (χ0v) is 42.8. The van der Waals surface area contributed by atoms with Gasteiger partial charge in [0.05, 0.1) is 36.6 Å². The number of nitrogens with one attached hydrogen (secondary N) is 4. The van der Waals surface area contributed by atoms with Gasteiger partial charge in [-0.15, -0.1) is 0 Å². The Kier molecular flexibility index (Phi) is 22.5. The minimum absolute atomic E-state index is 0.0636. The van der Waals surface area contributed by atoms with E-state index in [1.54, 1.807) is 55.0 Å². The number of anilines is 1. The lowest BCUT2D eigenvalue weighted by Gasteiger charge is -2.40. The maximum atomic E-state index is 14.6. The number of benzene rings is 1. The monoisotopic (exact) mass is 990 g/mol. The third kappa shape index (κ3) is 16.4. The number of unbranched alkanes of at least 4 members (excludes halogenated alkanes) is 2. The highest BCUT2D eigenvalue weighted by molar-refractivity contribution is 6.12. The van der Waals surface area contributed by atoms with Crippen molar-refractivity contribution in [2.75, 3.05) is 52.8 Å². The number of aromatic nitrogens is 2. The molecule has 390 valence electrons. The Balaban J connectivity index is 1.36. The number of rotatable bonds is 29. The fraction of sp³-hybridized carbons (Fsp3) is 0.608. The van der Waals surface area contributed by atoms with Crippen molar-refractivity contribution in [2.24, 2.45) is 17.8 Å². The molecule has 20 heteroatoms. The molecular formula is C51H75N9O11. The van der Waals surface area contributed by atoms with Gasteiger partial charge in [-0.05, 0) is 56.1 Å². The number of aliphatic carboxylic acids is 1. The number of aryl methyl sites for hydroxylation is 1. The minimum Gasteiger partial charge on any atom is -0.480 e. The van der Waals surface area contributed by atoms with Gasteiger partial charge >= 0.3 is 5.97 Å². The average Bonchev–Trinajstić information content (AvgIpc) is 3.96. The highest BCUT2D eigenvalue weighted by Crippen LogP contribution is 2.30. The summed E-state index contributed by atoms with van der Waals surface area (Å²) in [5, 5.41) is 21.3. The molecule has 20 nitrogen and oxygen atoms in total. The SMILES string of the molecule is CC[C@H](C)[C@@H]([C@@H](CC(=O)N1CCC[C@H]1[C@H](OC)[C@@H](C)C(=O)N[C@@H](Cc1ccccc1)C(=O)O)OC)N(C)C(=O)[C@@H](Nc1nc(C)cc(C(=O)NCCNC(=O)CCCCCN2C(=O)C=CC2=O)n1)C(C)C. The number of amides is 7.